The number of benzene rings is 6. The van der Waals surface area contributed by atoms with Gasteiger partial charge in [0.1, 0.15) is 0 Å². The molecule has 0 N–H and O–H groups in total. The first kappa shape index (κ1) is 33.9. The zero-order valence-corrected chi connectivity index (χ0v) is 31.0. The molecule has 0 aliphatic heterocycles. The highest BCUT2D eigenvalue weighted by atomic mass is 15.0. The third-order valence-corrected chi connectivity index (χ3v) is 12.2. The molecule has 0 radical (unpaired) electrons. The van der Waals surface area contributed by atoms with Crippen molar-refractivity contribution in [2.45, 2.75) is 57.8 Å². The smallest absolute Gasteiger partial charge is 0.164 e. The van der Waals surface area contributed by atoms with Crippen LogP contribution in [0, 0.1) is 29.1 Å². The van der Waals surface area contributed by atoms with E-state index in [0.717, 1.165) is 67.5 Å². The monoisotopic (exact) mass is 700 g/mol. The predicted octanol–water partition coefficient (Wildman–Crippen LogP) is 12.7. The number of aromatic nitrogens is 3. The third kappa shape index (κ3) is 6.18. The Morgan fingerprint density at radius 2 is 1.20 bits per heavy atom. The van der Waals surface area contributed by atoms with Crippen LogP contribution in [-0.4, -0.2) is 15.0 Å². The molecule has 1 heterocycles. The van der Waals surface area contributed by atoms with E-state index < -0.39 is 0 Å². The summed E-state index contributed by atoms with van der Waals surface area (Å²) in [5.74, 6) is 4.26. The Labute approximate surface area is 318 Å². The lowest BCUT2D eigenvalue weighted by molar-refractivity contribution is 0.0702. The largest absolute Gasteiger partial charge is 0.208 e. The average molecular weight is 701 g/mol. The number of fused-ring (bicyclic) bond motifs is 3. The highest BCUT2D eigenvalue weighted by molar-refractivity contribution is 6.07. The van der Waals surface area contributed by atoms with Crippen LogP contribution in [-0.2, 0) is 5.41 Å². The van der Waals surface area contributed by atoms with Crippen LogP contribution in [0.15, 0.2) is 140 Å². The van der Waals surface area contributed by atoms with Gasteiger partial charge in [0.25, 0.3) is 0 Å². The maximum absolute atomic E-state index is 10.3. The van der Waals surface area contributed by atoms with Gasteiger partial charge in [-0.2, -0.15) is 5.26 Å². The topological polar surface area (TPSA) is 62.5 Å². The second-order valence-corrected chi connectivity index (χ2v) is 15.8. The standard InChI is InChI=1S/C50H44N4/c1-3-34-28-35-27-33(2)29-50(30-34,31-35)40-23-21-37(22-24-40)41-18-10-11-19-44(41)48-52-47(38-15-8-5-9-16-38)53-49(54-48)45-26-25-42(36-13-6-4-7-14-36)46-39(32-51)17-12-20-43(45)46/h4-26,33-35H,3,27-31H2,1-2H3/t33-,34-,35+,50?/m1/s1. The Morgan fingerprint density at radius 1 is 0.574 bits per heavy atom. The molecule has 4 nitrogen and oxygen atoms in total. The van der Waals surface area contributed by atoms with Crippen molar-refractivity contribution >= 4 is 10.8 Å². The minimum atomic E-state index is 0.289. The van der Waals surface area contributed by atoms with E-state index in [1.54, 1.807) is 0 Å². The van der Waals surface area contributed by atoms with Crippen LogP contribution < -0.4 is 0 Å². The van der Waals surface area contributed by atoms with E-state index in [0.29, 0.717) is 23.0 Å². The van der Waals surface area contributed by atoms with Crippen LogP contribution >= 0.6 is 0 Å². The van der Waals surface area contributed by atoms with Crippen molar-refractivity contribution in [3.8, 4) is 62.5 Å². The third-order valence-electron chi connectivity index (χ3n) is 12.2. The summed E-state index contributed by atoms with van der Waals surface area (Å²) < 4.78 is 0. The fourth-order valence-corrected chi connectivity index (χ4v) is 9.98. The number of nitrogens with zero attached hydrogens (tertiary/aromatic N) is 4. The van der Waals surface area contributed by atoms with Crippen molar-refractivity contribution in [1.82, 2.24) is 15.0 Å². The zero-order chi connectivity index (χ0) is 36.6. The SMILES string of the molecule is CC[C@@H]1C[C@@H]2C[C@@H](C)CC(c3ccc(-c4ccccc4-c4nc(-c5ccccc5)nc(-c5ccc(-c6ccccc6)c6c(C#N)cccc56)n4)cc3)(C1)C2. The summed E-state index contributed by atoms with van der Waals surface area (Å²) in [6.07, 6.45) is 8.00. The van der Waals surface area contributed by atoms with E-state index >= 15 is 0 Å². The molecule has 6 aromatic carbocycles. The fraction of sp³-hybridized carbons (Fsp3) is 0.240. The van der Waals surface area contributed by atoms with Crippen LogP contribution in [0.25, 0.3) is 67.2 Å². The minimum absolute atomic E-state index is 0.289. The lowest BCUT2D eigenvalue weighted by Crippen LogP contribution is -2.42. The van der Waals surface area contributed by atoms with Gasteiger partial charge in [0.2, 0.25) is 0 Å². The van der Waals surface area contributed by atoms with E-state index in [1.165, 1.54) is 44.1 Å². The van der Waals surface area contributed by atoms with Gasteiger partial charge in [0.15, 0.2) is 17.5 Å². The first-order chi connectivity index (χ1) is 26.5. The Morgan fingerprint density at radius 3 is 1.93 bits per heavy atom. The second kappa shape index (κ2) is 14.1. The van der Waals surface area contributed by atoms with Crippen molar-refractivity contribution in [3.05, 3.63) is 151 Å². The summed E-state index contributed by atoms with van der Waals surface area (Å²) in [5.41, 5.74) is 9.49. The molecule has 2 fully saturated rings. The molecule has 9 rings (SSSR count). The molecule has 54 heavy (non-hydrogen) atoms. The molecule has 0 spiro atoms. The zero-order valence-electron chi connectivity index (χ0n) is 31.0. The normalized spacial score (nSPS) is 20.7. The van der Waals surface area contributed by atoms with E-state index in [1.807, 2.05) is 60.7 Å². The Hall–Kier alpha value is -5.92. The van der Waals surface area contributed by atoms with Gasteiger partial charge in [-0.25, -0.2) is 15.0 Å². The van der Waals surface area contributed by atoms with E-state index in [-0.39, 0.29) is 5.41 Å². The van der Waals surface area contributed by atoms with Gasteiger partial charge < -0.3 is 0 Å². The number of hydrogen-bond acceptors (Lipinski definition) is 4. The molecular weight excluding hydrogens is 657 g/mol. The molecule has 2 aliphatic carbocycles. The highest BCUT2D eigenvalue weighted by Crippen LogP contribution is 2.55. The molecule has 4 heteroatoms. The Kier molecular flexibility index (Phi) is 8.87. The molecular formula is C50H44N4. The maximum Gasteiger partial charge on any atom is 0.164 e. The van der Waals surface area contributed by atoms with Crippen LogP contribution in [0.3, 0.4) is 0 Å². The Bertz CT molecular complexity index is 2500. The first-order valence-electron chi connectivity index (χ1n) is 19.6. The molecule has 0 saturated heterocycles. The summed E-state index contributed by atoms with van der Waals surface area (Å²) in [7, 11) is 0. The lowest BCUT2D eigenvalue weighted by atomic mass is 9.54. The summed E-state index contributed by atoms with van der Waals surface area (Å²) in [6, 6.07) is 50.9. The van der Waals surface area contributed by atoms with Crippen LogP contribution in [0.2, 0.25) is 0 Å². The van der Waals surface area contributed by atoms with Crippen molar-refractivity contribution < 1.29 is 0 Å². The van der Waals surface area contributed by atoms with Crippen molar-refractivity contribution in [2.24, 2.45) is 17.8 Å². The molecule has 1 aromatic heterocycles. The van der Waals surface area contributed by atoms with Crippen LogP contribution in [0.5, 0.6) is 0 Å². The van der Waals surface area contributed by atoms with Crippen molar-refractivity contribution in [2.75, 3.05) is 0 Å². The van der Waals surface area contributed by atoms with Gasteiger partial charge in [-0.1, -0.05) is 148 Å². The number of nitriles is 1. The lowest BCUT2D eigenvalue weighted by Gasteiger charge is -2.51. The summed E-state index contributed by atoms with van der Waals surface area (Å²) in [4.78, 5) is 15.5. The van der Waals surface area contributed by atoms with Gasteiger partial charge in [0.05, 0.1) is 11.6 Å². The summed E-state index contributed by atoms with van der Waals surface area (Å²) in [6.45, 7) is 4.85. The van der Waals surface area contributed by atoms with Gasteiger partial charge in [-0.3, -0.25) is 0 Å². The van der Waals surface area contributed by atoms with Crippen molar-refractivity contribution in [1.29, 1.82) is 5.26 Å². The summed E-state index contributed by atoms with van der Waals surface area (Å²) in [5, 5.41) is 12.1. The second-order valence-electron chi connectivity index (χ2n) is 15.8. The predicted molar refractivity (Wildman–Crippen MR) is 220 cm³/mol. The molecule has 7 aromatic rings. The van der Waals surface area contributed by atoms with E-state index in [2.05, 4.69) is 98.8 Å². The molecule has 0 amide bonds. The first-order valence-corrected chi connectivity index (χ1v) is 19.6. The van der Waals surface area contributed by atoms with Gasteiger partial charge in [-0.15, -0.1) is 0 Å². The van der Waals surface area contributed by atoms with E-state index in [9.17, 15) is 5.26 Å². The molecule has 1 unspecified atom stereocenters. The molecule has 2 saturated carbocycles. The molecule has 264 valence electrons. The molecule has 2 aliphatic rings. The highest BCUT2D eigenvalue weighted by Gasteiger charge is 2.45. The minimum Gasteiger partial charge on any atom is -0.208 e. The van der Waals surface area contributed by atoms with Crippen molar-refractivity contribution in [3.63, 3.8) is 0 Å². The van der Waals surface area contributed by atoms with Crippen LogP contribution in [0.4, 0.5) is 0 Å². The molecule has 2 bridgehead atoms. The average Bonchev–Trinajstić information content (AvgIpc) is 3.23. The maximum atomic E-state index is 10.3. The number of hydrogen-bond donors (Lipinski definition) is 0. The summed E-state index contributed by atoms with van der Waals surface area (Å²) >= 11 is 0. The Balaban J connectivity index is 1.18. The quantitative estimate of drug-likeness (QED) is 0.166. The number of rotatable bonds is 7. The fourth-order valence-electron chi connectivity index (χ4n) is 9.98. The van der Waals surface area contributed by atoms with Crippen LogP contribution in [0.1, 0.15) is 63.5 Å². The van der Waals surface area contributed by atoms with Gasteiger partial charge >= 0.3 is 0 Å². The van der Waals surface area contributed by atoms with Gasteiger partial charge in [0, 0.05) is 22.1 Å². The van der Waals surface area contributed by atoms with E-state index in [4.69, 9.17) is 15.0 Å². The van der Waals surface area contributed by atoms with Gasteiger partial charge in [-0.05, 0) is 101 Å². The molecule has 4 atom stereocenters.